The molecule has 1 unspecified atom stereocenters. The van der Waals surface area contributed by atoms with Gasteiger partial charge in [-0.05, 0) is 25.0 Å². The average Bonchev–Trinajstić information content (AvgIpc) is 2.93. The fraction of sp³-hybridized carbons (Fsp3) is 0.538. The summed E-state index contributed by atoms with van der Waals surface area (Å²) in [5.74, 6) is -0.219. The SMILES string of the molecule is COCCC(NC(=O)NCCCC(=O)O)c1ccco1. The molecule has 112 valence electrons. The van der Waals surface area contributed by atoms with Gasteiger partial charge in [-0.15, -0.1) is 0 Å². The number of carbonyl (C=O) groups is 2. The molecule has 3 N–H and O–H groups in total. The summed E-state index contributed by atoms with van der Waals surface area (Å²) in [5, 5.41) is 13.9. The van der Waals surface area contributed by atoms with Gasteiger partial charge in [0.1, 0.15) is 5.76 Å². The summed E-state index contributed by atoms with van der Waals surface area (Å²) in [5.41, 5.74) is 0. The quantitative estimate of drug-likeness (QED) is 0.597. The van der Waals surface area contributed by atoms with Crippen LogP contribution in [-0.4, -0.2) is 37.4 Å². The molecular formula is C13H20N2O5. The van der Waals surface area contributed by atoms with Crippen molar-refractivity contribution in [2.75, 3.05) is 20.3 Å². The fourth-order valence-electron chi connectivity index (χ4n) is 1.66. The van der Waals surface area contributed by atoms with E-state index in [2.05, 4.69) is 10.6 Å². The van der Waals surface area contributed by atoms with E-state index in [9.17, 15) is 9.59 Å². The van der Waals surface area contributed by atoms with Gasteiger partial charge >= 0.3 is 12.0 Å². The van der Waals surface area contributed by atoms with E-state index in [1.807, 2.05) is 0 Å². The molecule has 0 saturated carbocycles. The van der Waals surface area contributed by atoms with E-state index >= 15 is 0 Å². The number of hydrogen-bond donors (Lipinski definition) is 3. The van der Waals surface area contributed by atoms with E-state index in [0.717, 1.165) is 0 Å². The normalized spacial score (nSPS) is 11.8. The van der Waals surface area contributed by atoms with Gasteiger partial charge in [-0.1, -0.05) is 0 Å². The fourth-order valence-corrected chi connectivity index (χ4v) is 1.66. The molecule has 0 radical (unpaired) electrons. The highest BCUT2D eigenvalue weighted by Crippen LogP contribution is 2.17. The number of amides is 2. The van der Waals surface area contributed by atoms with Crippen molar-refractivity contribution in [3.63, 3.8) is 0 Å². The Kier molecular flexibility index (Phi) is 7.20. The first-order valence-electron chi connectivity index (χ1n) is 6.42. The summed E-state index contributed by atoms with van der Waals surface area (Å²) in [6.07, 6.45) is 2.56. The Labute approximate surface area is 117 Å². The highest BCUT2D eigenvalue weighted by molar-refractivity contribution is 5.74. The van der Waals surface area contributed by atoms with Gasteiger partial charge in [0.05, 0.1) is 12.3 Å². The van der Waals surface area contributed by atoms with Crippen molar-refractivity contribution in [3.05, 3.63) is 24.2 Å². The molecule has 1 atom stereocenters. The smallest absolute Gasteiger partial charge is 0.315 e. The lowest BCUT2D eigenvalue weighted by atomic mass is 10.1. The molecule has 0 aliphatic rings. The number of carboxylic acids is 1. The van der Waals surface area contributed by atoms with Crippen LogP contribution >= 0.6 is 0 Å². The first kappa shape index (κ1) is 16.0. The van der Waals surface area contributed by atoms with E-state index in [1.54, 1.807) is 25.5 Å². The second kappa shape index (κ2) is 8.98. The van der Waals surface area contributed by atoms with Crippen molar-refractivity contribution in [2.45, 2.75) is 25.3 Å². The standard InChI is InChI=1S/C13H20N2O5/c1-19-9-6-10(11-4-3-8-20-11)15-13(18)14-7-2-5-12(16)17/h3-4,8,10H,2,5-7,9H2,1H3,(H,16,17)(H2,14,15,18). The summed E-state index contributed by atoms with van der Waals surface area (Å²) in [6, 6.07) is 2.91. The summed E-state index contributed by atoms with van der Waals surface area (Å²) >= 11 is 0. The van der Waals surface area contributed by atoms with Crippen LogP contribution in [0.5, 0.6) is 0 Å². The first-order chi connectivity index (χ1) is 9.63. The van der Waals surface area contributed by atoms with Crippen LogP contribution in [0, 0.1) is 0 Å². The van der Waals surface area contributed by atoms with E-state index in [4.69, 9.17) is 14.3 Å². The molecule has 0 aliphatic carbocycles. The van der Waals surface area contributed by atoms with Gasteiger partial charge in [0.25, 0.3) is 0 Å². The van der Waals surface area contributed by atoms with Crippen molar-refractivity contribution in [3.8, 4) is 0 Å². The Morgan fingerprint density at radius 3 is 2.90 bits per heavy atom. The molecule has 0 spiro atoms. The van der Waals surface area contributed by atoms with Crippen LogP contribution < -0.4 is 10.6 Å². The summed E-state index contributed by atoms with van der Waals surface area (Å²) in [6.45, 7) is 0.804. The summed E-state index contributed by atoms with van der Waals surface area (Å²) in [4.78, 5) is 22.0. The zero-order chi connectivity index (χ0) is 14.8. The van der Waals surface area contributed by atoms with Gasteiger partial charge < -0.3 is 24.9 Å². The molecule has 7 nitrogen and oxygen atoms in total. The first-order valence-corrected chi connectivity index (χ1v) is 6.42. The number of rotatable bonds is 9. The van der Waals surface area contributed by atoms with E-state index in [0.29, 0.717) is 31.8 Å². The van der Waals surface area contributed by atoms with Crippen molar-refractivity contribution in [1.29, 1.82) is 0 Å². The molecule has 1 rings (SSSR count). The molecular weight excluding hydrogens is 264 g/mol. The lowest BCUT2D eigenvalue weighted by molar-refractivity contribution is -0.137. The van der Waals surface area contributed by atoms with Gasteiger partial charge in [0, 0.05) is 26.7 Å². The third kappa shape index (κ3) is 6.24. The number of urea groups is 1. The lowest BCUT2D eigenvalue weighted by Crippen LogP contribution is -2.38. The van der Waals surface area contributed by atoms with Gasteiger partial charge in [0.15, 0.2) is 0 Å². The van der Waals surface area contributed by atoms with Crippen LogP contribution in [0.2, 0.25) is 0 Å². The van der Waals surface area contributed by atoms with Crippen LogP contribution in [0.3, 0.4) is 0 Å². The Morgan fingerprint density at radius 1 is 1.50 bits per heavy atom. The number of nitrogens with one attached hydrogen (secondary N) is 2. The molecule has 1 heterocycles. The second-order valence-electron chi connectivity index (χ2n) is 4.25. The molecule has 0 fully saturated rings. The Hall–Kier alpha value is -2.02. The maximum atomic E-state index is 11.7. The predicted molar refractivity (Wildman–Crippen MR) is 71.3 cm³/mol. The minimum Gasteiger partial charge on any atom is -0.481 e. The second-order valence-corrected chi connectivity index (χ2v) is 4.25. The van der Waals surface area contributed by atoms with Gasteiger partial charge in [-0.2, -0.15) is 0 Å². The number of aliphatic carboxylic acids is 1. The number of furan rings is 1. The van der Waals surface area contributed by atoms with E-state index in [-0.39, 0.29) is 18.5 Å². The molecule has 0 aromatic carbocycles. The molecule has 7 heteroatoms. The molecule has 0 saturated heterocycles. The van der Waals surface area contributed by atoms with Crippen molar-refractivity contribution >= 4 is 12.0 Å². The van der Waals surface area contributed by atoms with Gasteiger partial charge in [-0.3, -0.25) is 4.79 Å². The molecule has 2 amide bonds. The maximum Gasteiger partial charge on any atom is 0.315 e. The maximum absolute atomic E-state index is 11.7. The minimum absolute atomic E-state index is 0.0333. The zero-order valence-corrected chi connectivity index (χ0v) is 11.4. The van der Waals surface area contributed by atoms with Gasteiger partial charge in [-0.25, -0.2) is 4.79 Å². The number of hydrogen-bond acceptors (Lipinski definition) is 4. The summed E-state index contributed by atoms with van der Waals surface area (Å²) in [7, 11) is 1.59. The Morgan fingerprint density at radius 2 is 2.30 bits per heavy atom. The molecule has 0 aliphatic heterocycles. The van der Waals surface area contributed by atoms with Crippen LogP contribution in [0.15, 0.2) is 22.8 Å². The molecule has 1 aromatic rings. The monoisotopic (exact) mass is 284 g/mol. The number of carboxylic acid groups (broad SMARTS) is 1. The van der Waals surface area contributed by atoms with Crippen LogP contribution in [-0.2, 0) is 9.53 Å². The minimum atomic E-state index is -0.874. The Bertz CT molecular complexity index is 405. The zero-order valence-electron chi connectivity index (χ0n) is 11.4. The average molecular weight is 284 g/mol. The third-order valence-corrected chi connectivity index (χ3v) is 2.66. The van der Waals surface area contributed by atoms with Crippen LogP contribution in [0.4, 0.5) is 4.79 Å². The molecule has 20 heavy (non-hydrogen) atoms. The topological polar surface area (TPSA) is 101 Å². The van der Waals surface area contributed by atoms with Crippen LogP contribution in [0.25, 0.3) is 0 Å². The Balaban J connectivity index is 2.36. The number of methoxy groups -OCH3 is 1. The van der Waals surface area contributed by atoms with E-state index in [1.165, 1.54) is 0 Å². The number of carbonyl (C=O) groups excluding carboxylic acids is 1. The third-order valence-electron chi connectivity index (χ3n) is 2.66. The van der Waals surface area contributed by atoms with Crippen molar-refractivity contribution in [1.82, 2.24) is 10.6 Å². The number of ether oxygens (including phenoxy) is 1. The summed E-state index contributed by atoms with van der Waals surface area (Å²) < 4.78 is 10.3. The van der Waals surface area contributed by atoms with E-state index < -0.39 is 5.97 Å². The molecule has 0 bridgehead atoms. The van der Waals surface area contributed by atoms with Crippen molar-refractivity contribution < 1.29 is 23.8 Å². The molecule has 1 aromatic heterocycles. The van der Waals surface area contributed by atoms with Crippen molar-refractivity contribution in [2.24, 2.45) is 0 Å². The lowest BCUT2D eigenvalue weighted by Gasteiger charge is -2.16. The van der Waals surface area contributed by atoms with Crippen LogP contribution in [0.1, 0.15) is 31.1 Å². The van der Waals surface area contributed by atoms with Gasteiger partial charge in [0.2, 0.25) is 0 Å². The highest BCUT2D eigenvalue weighted by atomic mass is 16.5. The predicted octanol–water partition coefficient (Wildman–Crippen LogP) is 1.52. The highest BCUT2D eigenvalue weighted by Gasteiger charge is 2.16. The largest absolute Gasteiger partial charge is 0.481 e.